The number of imidazole rings is 1. The number of aliphatic hydroxyl groups is 1. The van der Waals surface area contributed by atoms with E-state index >= 15 is 0 Å². The van der Waals surface area contributed by atoms with Crippen molar-refractivity contribution < 1.29 is 19.2 Å². The molecule has 28 heavy (non-hydrogen) atoms. The van der Waals surface area contributed by atoms with Gasteiger partial charge in [0.2, 0.25) is 5.78 Å². The monoisotopic (exact) mass is 395 g/mol. The second-order valence-electron chi connectivity index (χ2n) is 5.83. The molecule has 9 heteroatoms. The maximum absolute atomic E-state index is 12.2. The highest BCUT2D eigenvalue weighted by Gasteiger charge is 2.19. The van der Waals surface area contributed by atoms with Gasteiger partial charge < -0.3 is 9.52 Å². The number of hydrogen-bond donors (Lipinski definition) is 1. The van der Waals surface area contributed by atoms with E-state index in [-0.39, 0.29) is 22.8 Å². The lowest BCUT2D eigenvalue weighted by atomic mass is 10.1. The van der Waals surface area contributed by atoms with Crippen molar-refractivity contribution in [1.29, 1.82) is 0 Å². The molecule has 0 aliphatic rings. The van der Waals surface area contributed by atoms with Gasteiger partial charge >= 0.3 is 0 Å². The van der Waals surface area contributed by atoms with Crippen LogP contribution in [-0.2, 0) is 6.61 Å². The topological polar surface area (TPSA) is 111 Å². The van der Waals surface area contributed by atoms with Crippen molar-refractivity contribution in [3.8, 4) is 11.3 Å². The van der Waals surface area contributed by atoms with E-state index in [2.05, 4.69) is 4.98 Å². The van der Waals surface area contributed by atoms with Crippen LogP contribution >= 0.6 is 11.3 Å². The molecule has 0 unspecified atom stereocenters. The number of fused-ring (bicyclic) bond motifs is 1. The van der Waals surface area contributed by atoms with Gasteiger partial charge in [0.1, 0.15) is 0 Å². The smallest absolute Gasteiger partial charge is 0.275 e. The van der Waals surface area contributed by atoms with Crippen molar-refractivity contribution in [2.45, 2.75) is 6.61 Å². The Bertz CT molecular complexity index is 1200. The summed E-state index contributed by atoms with van der Waals surface area (Å²) in [6.07, 6.45) is 6.22. The molecular formula is C19H13N3O5S. The van der Waals surface area contributed by atoms with Gasteiger partial charge in [0.05, 0.1) is 34.7 Å². The largest absolute Gasteiger partial charge is 0.461 e. The number of aliphatic hydroxyl groups excluding tert-OH is 1. The number of carbonyl (C=O) groups excluding carboxylic acids is 1. The van der Waals surface area contributed by atoms with E-state index in [1.165, 1.54) is 35.8 Å². The maximum atomic E-state index is 12.2. The van der Waals surface area contributed by atoms with E-state index < -0.39 is 11.5 Å². The van der Waals surface area contributed by atoms with Crippen LogP contribution in [0.15, 0.2) is 58.7 Å². The van der Waals surface area contributed by atoms with Crippen LogP contribution in [0, 0.1) is 10.1 Å². The summed E-state index contributed by atoms with van der Waals surface area (Å²) in [4.78, 5) is 28.2. The van der Waals surface area contributed by atoms with Crippen molar-refractivity contribution >= 4 is 33.8 Å². The average molecular weight is 395 g/mol. The zero-order valence-electron chi connectivity index (χ0n) is 14.3. The summed E-state index contributed by atoms with van der Waals surface area (Å²) in [6, 6.07) is 7.74. The van der Waals surface area contributed by atoms with Gasteiger partial charge in [-0.05, 0) is 30.4 Å². The van der Waals surface area contributed by atoms with Gasteiger partial charge in [-0.2, -0.15) is 0 Å². The zero-order chi connectivity index (χ0) is 19.7. The number of aromatic nitrogens is 2. The van der Waals surface area contributed by atoms with E-state index in [0.717, 1.165) is 0 Å². The third-order valence-electron chi connectivity index (χ3n) is 4.18. The first-order chi connectivity index (χ1) is 13.6. The first kappa shape index (κ1) is 17.8. The van der Waals surface area contributed by atoms with Crippen molar-refractivity contribution in [3.05, 3.63) is 81.4 Å². The summed E-state index contributed by atoms with van der Waals surface area (Å²) in [5, 5.41) is 22.5. The number of nitro groups is 1. The predicted octanol–water partition coefficient (Wildman–Crippen LogP) is 3.95. The van der Waals surface area contributed by atoms with Crippen molar-refractivity contribution in [2.24, 2.45) is 0 Å². The molecule has 0 amide bonds. The number of rotatable bonds is 6. The summed E-state index contributed by atoms with van der Waals surface area (Å²) in [7, 11) is 0. The Morgan fingerprint density at radius 3 is 2.96 bits per heavy atom. The summed E-state index contributed by atoms with van der Waals surface area (Å²) in [5.41, 5.74) is 1.67. The Labute approximate surface area is 162 Å². The van der Waals surface area contributed by atoms with Gasteiger partial charge in [-0.15, -0.1) is 11.3 Å². The molecule has 8 nitrogen and oxygen atoms in total. The van der Waals surface area contributed by atoms with Gasteiger partial charge in [0.15, 0.2) is 10.7 Å². The van der Waals surface area contributed by atoms with Crippen molar-refractivity contribution in [1.82, 2.24) is 9.38 Å². The van der Waals surface area contributed by atoms with Crippen LogP contribution in [0.3, 0.4) is 0 Å². The number of furan rings is 1. The second-order valence-corrected chi connectivity index (χ2v) is 6.71. The number of thiazole rings is 1. The Kier molecular flexibility index (Phi) is 4.60. The second kappa shape index (κ2) is 7.22. The van der Waals surface area contributed by atoms with E-state index in [0.29, 0.717) is 21.9 Å². The minimum Gasteiger partial charge on any atom is -0.461 e. The molecule has 0 radical (unpaired) electrons. The highest BCUT2D eigenvalue weighted by Crippen LogP contribution is 2.31. The Morgan fingerprint density at radius 1 is 1.39 bits per heavy atom. The minimum atomic E-state index is -0.538. The van der Waals surface area contributed by atoms with Crippen LogP contribution in [0.4, 0.5) is 5.69 Å². The maximum Gasteiger partial charge on any atom is 0.275 e. The third-order valence-corrected chi connectivity index (χ3v) is 4.94. The molecule has 0 bridgehead atoms. The molecular weight excluding hydrogens is 382 g/mol. The van der Waals surface area contributed by atoms with Crippen molar-refractivity contribution in [2.75, 3.05) is 0 Å². The van der Waals surface area contributed by atoms with Gasteiger partial charge in [-0.1, -0.05) is 6.07 Å². The Hall–Kier alpha value is -3.56. The number of ketones is 1. The molecule has 0 spiro atoms. The molecule has 0 saturated heterocycles. The Morgan fingerprint density at radius 2 is 2.25 bits per heavy atom. The summed E-state index contributed by atoms with van der Waals surface area (Å²) in [6.45, 7) is -0.431. The van der Waals surface area contributed by atoms with Crippen LogP contribution < -0.4 is 0 Å². The highest BCUT2D eigenvalue weighted by molar-refractivity contribution is 7.15. The van der Waals surface area contributed by atoms with Crippen LogP contribution in [0.2, 0.25) is 0 Å². The van der Waals surface area contributed by atoms with Gasteiger partial charge in [0.25, 0.3) is 5.69 Å². The SMILES string of the molecule is O=C(C=Cc1c(-c2ccc(CO)c([N+](=O)[O-])c2)nc2sccn12)c1ccco1. The van der Waals surface area contributed by atoms with Crippen LogP contribution in [-0.4, -0.2) is 25.2 Å². The molecule has 0 fully saturated rings. The summed E-state index contributed by atoms with van der Waals surface area (Å²) < 4.78 is 6.90. The number of benzene rings is 1. The van der Waals surface area contributed by atoms with E-state index in [9.17, 15) is 20.0 Å². The quantitative estimate of drug-likeness (QED) is 0.229. The van der Waals surface area contributed by atoms with Crippen LogP contribution in [0.1, 0.15) is 21.8 Å². The lowest BCUT2D eigenvalue weighted by Gasteiger charge is -2.04. The van der Waals surface area contributed by atoms with E-state index in [1.54, 1.807) is 28.7 Å². The molecule has 4 rings (SSSR count). The fraction of sp³-hybridized carbons (Fsp3) is 0.0526. The Balaban J connectivity index is 1.81. The molecule has 1 aromatic carbocycles. The molecule has 1 N–H and O–H groups in total. The predicted molar refractivity (Wildman–Crippen MR) is 103 cm³/mol. The first-order valence-electron chi connectivity index (χ1n) is 8.18. The van der Waals surface area contributed by atoms with Gasteiger partial charge in [0, 0.05) is 23.2 Å². The first-order valence-corrected chi connectivity index (χ1v) is 9.06. The number of carbonyl (C=O) groups is 1. The average Bonchev–Trinajstić information content (AvgIpc) is 3.43. The zero-order valence-corrected chi connectivity index (χ0v) is 15.1. The summed E-state index contributed by atoms with van der Waals surface area (Å²) in [5.74, 6) is -0.0884. The standard InChI is InChI=1S/C19H13N3O5S/c23-11-13-4-3-12(10-15(13)22(25)26)18-14(21-7-9-28-19(21)20-18)5-6-16(24)17-2-1-8-27-17/h1-10,23H,11H2. The van der Waals surface area contributed by atoms with E-state index in [4.69, 9.17) is 4.42 Å². The van der Waals surface area contributed by atoms with Gasteiger partial charge in [-0.3, -0.25) is 19.3 Å². The molecule has 0 saturated carbocycles. The molecule has 0 aliphatic carbocycles. The fourth-order valence-electron chi connectivity index (χ4n) is 2.85. The summed E-state index contributed by atoms with van der Waals surface area (Å²) >= 11 is 1.41. The fourth-order valence-corrected chi connectivity index (χ4v) is 3.57. The molecule has 4 aromatic rings. The van der Waals surface area contributed by atoms with Crippen molar-refractivity contribution in [3.63, 3.8) is 0 Å². The molecule has 0 aliphatic heterocycles. The van der Waals surface area contributed by atoms with Gasteiger partial charge in [-0.25, -0.2) is 4.98 Å². The molecule has 0 atom stereocenters. The lowest BCUT2D eigenvalue weighted by molar-refractivity contribution is -0.385. The lowest BCUT2D eigenvalue weighted by Crippen LogP contribution is -1.97. The molecule has 3 heterocycles. The van der Waals surface area contributed by atoms with Crippen LogP contribution in [0.25, 0.3) is 22.3 Å². The number of nitrogens with zero attached hydrogens (tertiary/aromatic N) is 3. The minimum absolute atomic E-state index is 0.182. The normalized spacial score (nSPS) is 11.5. The third kappa shape index (κ3) is 3.13. The van der Waals surface area contributed by atoms with Crippen LogP contribution in [0.5, 0.6) is 0 Å². The number of allylic oxidation sites excluding steroid dienone is 1. The number of hydrogen-bond acceptors (Lipinski definition) is 7. The molecule has 140 valence electrons. The molecule has 3 aromatic heterocycles. The van der Waals surface area contributed by atoms with E-state index in [1.807, 2.05) is 11.6 Å². The number of nitro benzene ring substituents is 1. The highest BCUT2D eigenvalue weighted by atomic mass is 32.1.